The van der Waals surface area contributed by atoms with Gasteiger partial charge in [-0.1, -0.05) is 6.07 Å². The van der Waals surface area contributed by atoms with Crippen LogP contribution >= 0.6 is 0 Å². The van der Waals surface area contributed by atoms with Crippen molar-refractivity contribution in [2.45, 2.75) is 25.3 Å². The number of fused-ring (bicyclic) bond motifs is 1. The van der Waals surface area contributed by atoms with Crippen molar-refractivity contribution in [1.82, 2.24) is 9.80 Å². The molecule has 2 aliphatic rings. The molecule has 0 aliphatic carbocycles. The first-order valence-corrected chi connectivity index (χ1v) is 8.35. The van der Waals surface area contributed by atoms with E-state index in [2.05, 4.69) is 4.90 Å². The highest BCUT2D eigenvalue weighted by Gasteiger charge is 2.52. The summed E-state index contributed by atoms with van der Waals surface area (Å²) in [6.07, 6.45) is 2.09. The number of aliphatic carboxylic acids is 1. The summed E-state index contributed by atoms with van der Waals surface area (Å²) in [7, 11) is 3.53. The van der Waals surface area contributed by atoms with Gasteiger partial charge in [0, 0.05) is 24.7 Å². The van der Waals surface area contributed by atoms with Crippen LogP contribution in [0.2, 0.25) is 0 Å². The van der Waals surface area contributed by atoms with Gasteiger partial charge in [0.05, 0.1) is 12.5 Å². The number of carbonyl (C=O) groups excluding carboxylic acids is 1. The number of rotatable bonds is 3. The standard InChI is InChI=1S/C18H24N2O4/c1-19-9-4-7-18(17(22)23)8-10-20(12-15(18)19)16(21)13-5-3-6-14(11-13)24-2/h3,5-6,11,15H,4,7-10,12H2,1-2H3,(H,22,23)/t15-,18+/m1/s1. The van der Waals surface area contributed by atoms with Crippen molar-refractivity contribution in [2.75, 3.05) is 33.8 Å². The van der Waals surface area contributed by atoms with Crippen LogP contribution in [0.25, 0.3) is 0 Å². The van der Waals surface area contributed by atoms with Crippen molar-refractivity contribution in [3.8, 4) is 5.75 Å². The number of amides is 1. The molecule has 1 amide bonds. The molecule has 3 rings (SSSR count). The molecule has 1 N–H and O–H groups in total. The second-order valence-corrected chi connectivity index (χ2v) is 6.79. The van der Waals surface area contributed by atoms with Gasteiger partial charge in [0.25, 0.3) is 5.91 Å². The number of carbonyl (C=O) groups is 2. The van der Waals surface area contributed by atoms with Gasteiger partial charge >= 0.3 is 5.97 Å². The molecular weight excluding hydrogens is 308 g/mol. The van der Waals surface area contributed by atoms with Crippen molar-refractivity contribution in [1.29, 1.82) is 0 Å². The molecular formula is C18H24N2O4. The van der Waals surface area contributed by atoms with E-state index in [-0.39, 0.29) is 11.9 Å². The van der Waals surface area contributed by atoms with Gasteiger partial charge in [0.15, 0.2) is 0 Å². The van der Waals surface area contributed by atoms with E-state index in [1.807, 2.05) is 7.05 Å². The zero-order valence-corrected chi connectivity index (χ0v) is 14.2. The number of carboxylic acids is 1. The number of methoxy groups -OCH3 is 1. The minimum Gasteiger partial charge on any atom is -0.497 e. The summed E-state index contributed by atoms with van der Waals surface area (Å²) < 4.78 is 5.19. The van der Waals surface area contributed by atoms with Crippen LogP contribution in [0.4, 0.5) is 0 Å². The monoisotopic (exact) mass is 332 g/mol. The smallest absolute Gasteiger partial charge is 0.311 e. The molecule has 0 saturated carbocycles. The van der Waals surface area contributed by atoms with E-state index < -0.39 is 11.4 Å². The summed E-state index contributed by atoms with van der Waals surface area (Å²) in [6.45, 7) is 1.81. The molecule has 2 aliphatic heterocycles. The molecule has 6 nitrogen and oxygen atoms in total. The van der Waals surface area contributed by atoms with Gasteiger partial charge in [-0.15, -0.1) is 0 Å². The molecule has 0 bridgehead atoms. The summed E-state index contributed by atoms with van der Waals surface area (Å²) in [6, 6.07) is 6.97. The second-order valence-electron chi connectivity index (χ2n) is 6.79. The average molecular weight is 332 g/mol. The molecule has 1 aromatic rings. The Bertz CT molecular complexity index is 648. The molecule has 6 heteroatoms. The number of piperidine rings is 2. The summed E-state index contributed by atoms with van der Waals surface area (Å²) in [4.78, 5) is 28.6. The lowest BCUT2D eigenvalue weighted by molar-refractivity contribution is -0.161. The van der Waals surface area contributed by atoms with Crippen molar-refractivity contribution < 1.29 is 19.4 Å². The molecule has 2 heterocycles. The summed E-state index contributed by atoms with van der Waals surface area (Å²) >= 11 is 0. The number of benzene rings is 1. The Labute approximate surface area is 142 Å². The number of hydrogen-bond donors (Lipinski definition) is 1. The SMILES string of the molecule is COc1cccc(C(=O)N2CC[C@@]3(C(=O)O)CCCN(C)[C@@H]3C2)c1. The molecule has 1 aromatic carbocycles. The van der Waals surface area contributed by atoms with Gasteiger partial charge in [-0.2, -0.15) is 0 Å². The van der Waals surface area contributed by atoms with Gasteiger partial charge < -0.3 is 19.6 Å². The fourth-order valence-electron chi connectivity index (χ4n) is 4.11. The second kappa shape index (κ2) is 6.43. The highest BCUT2D eigenvalue weighted by atomic mass is 16.5. The van der Waals surface area contributed by atoms with Crippen molar-refractivity contribution in [3.05, 3.63) is 29.8 Å². The molecule has 24 heavy (non-hydrogen) atoms. The molecule has 2 fully saturated rings. The van der Waals surface area contributed by atoms with Crippen molar-refractivity contribution in [3.63, 3.8) is 0 Å². The predicted molar refractivity (Wildman–Crippen MR) is 89.2 cm³/mol. The first-order valence-electron chi connectivity index (χ1n) is 8.35. The summed E-state index contributed by atoms with van der Waals surface area (Å²) in [5.74, 6) is -0.146. The van der Waals surface area contributed by atoms with E-state index in [0.717, 1.165) is 13.0 Å². The first kappa shape index (κ1) is 16.8. The number of hydrogen-bond acceptors (Lipinski definition) is 4. The Hall–Kier alpha value is -2.08. The van der Waals surface area contributed by atoms with Crippen molar-refractivity contribution >= 4 is 11.9 Å². The van der Waals surface area contributed by atoms with Crippen LogP contribution in [0.5, 0.6) is 5.75 Å². The third kappa shape index (κ3) is 2.75. The van der Waals surface area contributed by atoms with E-state index in [4.69, 9.17) is 4.74 Å². The Morgan fingerprint density at radius 1 is 1.29 bits per heavy atom. The number of ether oxygens (including phenoxy) is 1. The van der Waals surface area contributed by atoms with Crippen LogP contribution in [-0.4, -0.2) is 66.6 Å². The summed E-state index contributed by atoms with van der Waals surface area (Å²) in [5, 5.41) is 9.81. The third-order valence-electron chi connectivity index (χ3n) is 5.55. The van der Waals surface area contributed by atoms with Crippen LogP contribution in [0.3, 0.4) is 0 Å². The Morgan fingerprint density at radius 3 is 2.79 bits per heavy atom. The molecule has 0 radical (unpaired) electrons. The Morgan fingerprint density at radius 2 is 2.08 bits per heavy atom. The number of likely N-dealkylation sites (tertiary alicyclic amines) is 2. The highest BCUT2D eigenvalue weighted by Crippen LogP contribution is 2.42. The molecule has 130 valence electrons. The molecule has 0 aromatic heterocycles. The largest absolute Gasteiger partial charge is 0.497 e. The van der Waals surface area contributed by atoms with Crippen LogP contribution < -0.4 is 4.74 Å². The van der Waals surface area contributed by atoms with Gasteiger partial charge in [-0.25, -0.2) is 0 Å². The van der Waals surface area contributed by atoms with Gasteiger partial charge in [-0.3, -0.25) is 9.59 Å². The lowest BCUT2D eigenvalue weighted by Crippen LogP contribution is -2.63. The average Bonchev–Trinajstić information content (AvgIpc) is 2.61. The van der Waals surface area contributed by atoms with Gasteiger partial charge in [0.1, 0.15) is 5.75 Å². The maximum Gasteiger partial charge on any atom is 0.311 e. The first-order chi connectivity index (χ1) is 11.5. The van der Waals surface area contributed by atoms with Gasteiger partial charge in [-0.05, 0) is 51.1 Å². The molecule has 2 saturated heterocycles. The lowest BCUT2D eigenvalue weighted by Gasteiger charge is -2.51. The molecule has 0 spiro atoms. The van der Waals surface area contributed by atoms with Crippen LogP contribution in [-0.2, 0) is 4.79 Å². The normalized spacial score (nSPS) is 27.4. The predicted octanol–water partition coefficient (Wildman–Crippen LogP) is 1.71. The van der Waals surface area contributed by atoms with E-state index in [1.165, 1.54) is 0 Å². The quantitative estimate of drug-likeness (QED) is 0.912. The zero-order valence-electron chi connectivity index (χ0n) is 14.2. The van der Waals surface area contributed by atoms with Gasteiger partial charge in [0.2, 0.25) is 0 Å². The number of carboxylic acid groups (broad SMARTS) is 1. The minimum absolute atomic E-state index is 0.0631. The van der Waals surface area contributed by atoms with Crippen LogP contribution in [0, 0.1) is 5.41 Å². The molecule has 2 atom stereocenters. The van der Waals surface area contributed by atoms with Crippen LogP contribution in [0.15, 0.2) is 24.3 Å². The molecule has 0 unspecified atom stereocenters. The Kier molecular flexibility index (Phi) is 4.49. The number of nitrogens with zero attached hydrogens (tertiary/aromatic N) is 2. The minimum atomic E-state index is -0.729. The van der Waals surface area contributed by atoms with Crippen molar-refractivity contribution in [2.24, 2.45) is 5.41 Å². The number of likely N-dealkylation sites (N-methyl/N-ethyl adjacent to an activating group) is 1. The third-order valence-corrected chi connectivity index (χ3v) is 5.55. The zero-order chi connectivity index (χ0) is 17.3. The summed E-state index contributed by atoms with van der Waals surface area (Å²) in [5.41, 5.74) is -0.145. The van der Waals surface area contributed by atoms with E-state index in [1.54, 1.807) is 36.3 Å². The topological polar surface area (TPSA) is 70.1 Å². The van der Waals surface area contributed by atoms with Crippen LogP contribution in [0.1, 0.15) is 29.6 Å². The Balaban J connectivity index is 1.82. The fourth-order valence-corrected chi connectivity index (χ4v) is 4.11. The maximum atomic E-state index is 12.8. The van der Waals surface area contributed by atoms with E-state index in [0.29, 0.717) is 37.2 Å². The lowest BCUT2D eigenvalue weighted by atomic mass is 9.68. The maximum absolute atomic E-state index is 12.8. The van der Waals surface area contributed by atoms with E-state index >= 15 is 0 Å². The van der Waals surface area contributed by atoms with E-state index in [9.17, 15) is 14.7 Å². The highest BCUT2D eigenvalue weighted by molar-refractivity contribution is 5.95. The fraction of sp³-hybridized carbons (Fsp3) is 0.556.